The van der Waals surface area contributed by atoms with Crippen LogP contribution in [0.4, 0.5) is 16.5 Å². The van der Waals surface area contributed by atoms with Crippen LogP contribution < -0.4 is 16.4 Å². The molecule has 2 aromatic heterocycles. The molecule has 0 spiro atoms. The molecule has 0 aliphatic carbocycles. The van der Waals surface area contributed by atoms with Crippen molar-refractivity contribution in [3.63, 3.8) is 0 Å². The van der Waals surface area contributed by atoms with Gasteiger partial charge in [0.2, 0.25) is 5.91 Å². The predicted molar refractivity (Wildman–Crippen MR) is 108 cm³/mol. The van der Waals surface area contributed by atoms with E-state index in [9.17, 15) is 9.59 Å². The quantitative estimate of drug-likeness (QED) is 0.522. The molecular formula is C16H12Cl2N4O2S2. The zero-order valence-electron chi connectivity index (χ0n) is 13.1. The van der Waals surface area contributed by atoms with Gasteiger partial charge in [-0.3, -0.25) is 14.9 Å². The van der Waals surface area contributed by atoms with Gasteiger partial charge in [0, 0.05) is 11.1 Å². The first-order valence-electron chi connectivity index (χ1n) is 7.26. The zero-order chi connectivity index (χ0) is 18.7. The molecule has 0 aliphatic rings. The van der Waals surface area contributed by atoms with Crippen molar-refractivity contribution in [1.29, 1.82) is 0 Å². The molecule has 2 amide bonds. The standard InChI is InChI=1S/C16H12Cl2N4O2S2/c17-10-4-8(5-11(18)14(10)19)20-13(23)6-9-7-26-16(21-9)22-15(24)12-2-1-3-25-12/h1-5,7H,6,19H2,(H,20,23)(H,21,22,24). The number of halogens is 2. The average Bonchev–Trinajstić information content (AvgIpc) is 3.24. The molecule has 0 bridgehead atoms. The Labute approximate surface area is 167 Å². The third-order valence-corrected chi connectivity index (χ3v) is 5.52. The summed E-state index contributed by atoms with van der Waals surface area (Å²) in [6.07, 6.45) is 0.0466. The summed E-state index contributed by atoms with van der Waals surface area (Å²) in [7, 11) is 0. The van der Waals surface area contributed by atoms with Crippen LogP contribution >= 0.6 is 45.9 Å². The summed E-state index contributed by atoms with van der Waals surface area (Å²) >= 11 is 14.5. The fourth-order valence-corrected chi connectivity index (χ4v) is 3.85. The van der Waals surface area contributed by atoms with E-state index in [1.807, 2.05) is 5.38 Å². The molecule has 6 nitrogen and oxygen atoms in total. The normalized spacial score (nSPS) is 10.5. The van der Waals surface area contributed by atoms with E-state index in [-0.39, 0.29) is 34.0 Å². The van der Waals surface area contributed by atoms with Crippen molar-refractivity contribution in [2.45, 2.75) is 6.42 Å². The average molecular weight is 427 g/mol. The maximum absolute atomic E-state index is 12.2. The number of nitrogens with one attached hydrogen (secondary N) is 2. The second-order valence-electron chi connectivity index (χ2n) is 5.15. The molecule has 0 radical (unpaired) electrons. The number of thiazole rings is 1. The Morgan fingerprint density at radius 1 is 1.15 bits per heavy atom. The molecule has 0 saturated carbocycles. The van der Waals surface area contributed by atoms with E-state index in [0.29, 0.717) is 21.4 Å². The third-order valence-electron chi connectivity index (χ3n) is 3.22. The minimum absolute atomic E-state index is 0.0466. The molecule has 2 heterocycles. The second kappa shape index (κ2) is 8.05. The van der Waals surface area contributed by atoms with Crippen molar-refractivity contribution >= 4 is 74.2 Å². The highest BCUT2D eigenvalue weighted by Crippen LogP contribution is 2.31. The van der Waals surface area contributed by atoms with Crippen LogP contribution in [0, 0.1) is 0 Å². The van der Waals surface area contributed by atoms with Gasteiger partial charge in [-0.15, -0.1) is 22.7 Å². The number of nitrogens with zero attached hydrogens (tertiary/aromatic N) is 1. The number of nitrogen functional groups attached to an aromatic ring is 1. The number of thiophene rings is 1. The summed E-state index contributed by atoms with van der Waals surface area (Å²) < 4.78 is 0. The van der Waals surface area contributed by atoms with Gasteiger partial charge in [-0.25, -0.2) is 4.98 Å². The topological polar surface area (TPSA) is 97.1 Å². The number of nitrogens with two attached hydrogens (primary N) is 1. The molecule has 3 aromatic rings. The number of hydrogen-bond donors (Lipinski definition) is 3. The number of carbonyl (C=O) groups is 2. The molecule has 26 heavy (non-hydrogen) atoms. The summed E-state index contributed by atoms with van der Waals surface area (Å²) in [4.78, 5) is 29.0. The van der Waals surface area contributed by atoms with Gasteiger partial charge in [-0.1, -0.05) is 29.3 Å². The monoisotopic (exact) mass is 426 g/mol. The summed E-state index contributed by atoms with van der Waals surface area (Å²) in [6.45, 7) is 0. The number of anilines is 3. The minimum Gasteiger partial charge on any atom is -0.396 e. The fourth-order valence-electron chi connectivity index (χ4n) is 2.04. The van der Waals surface area contributed by atoms with E-state index in [1.54, 1.807) is 17.5 Å². The number of benzene rings is 1. The van der Waals surface area contributed by atoms with Gasteiger partial charge in [-0.05, 0) is 23.6 Å². The molecule has 3 rings (SSSR count). The lowest BCUT2D eigenvalue weighted by molar-refractivity contribution is -0.115. The number of hydrogen-bond acceptors (Lipinski definition) is 6. The van der Waals surface area contributed by atoms with Crippen molar-refractivity contribution in [1.82, 2.24) is 4.98 Å². The zero-order valence-corrected chi connectivity index (χ0v) is 16.2. The van der Waals surface area contributed by atoms with Crippen LogP contribution in [0.5, 0.6) is 0 Å². The Morgan fingerprint density at radius 3 is 2.54 bits per heavy atom. The SMILES string of the molecule is Nc1c(Cl)cc(NC(=O)Cc2csc(NC(=O)c3cccs3)n2)cc1Cl. The first-order chi connectivity index (χ1) is 12.4. The van der Waals surface area contributed by atoms with Crippen molar-refractivity contribution < 1.29 is 9.59 Å². The Kier molecular flexibility index (Phi) is 5.77. The van der Waals surface area contributed by atoms with Crippen LogP contribution in [-0.2, 0) is 11.2 Å². The predicted octanol–water partition coefficient (Wildman–Crippen LogP) is 4.53. The first kappa shape index (κ1) is 18.7. The van der Waals surface area contributed by atoms with Gasteiger partial charge in [0.15, 0.2) is 5.13 Å². The first-order valence-corrected chi connectivity index (χ1v) is 9.77. The van der Waals surface area contributed by atoms with Gasteiger partial charge in [0.05, 0.1) is 32.7 Å². The van der Waals surface area contributed by atoms with E-state index >= 15 is 0 Å². The van der Waals surface area contributed by atoms with Gasteiger partial charge >= 0.3 is 0 Å². The number of rotatable bonds is 5. The molecule has 1 aromatic carbocycles. The fraction of sp³-hybridized carbons (Fsp3) is 0.0625. The minimum atomic E-state index is -0.289. The van der Waals surface area contributed by atoms with E-state index < -0.39 is 0 Å². The molecule has 10 heteroatoms. The van der Waals surface area contributed by atoms with Gasteiger partial charge < -0.3 is 11.1 Å². The third kappa shape index (κ3) is 4.53. The lowest BCUT2D eigenvalue weighted by Gasteiger charge is -2.07. The Morgan fingerprint density at radius 2 is 1.88 bits per heavy atom. The summed E-state index contributed by atoms with van der Waals surface area (Å²) in [5.41, 5.74) is 6.91. The van der Waals surface area contributed by atoms with E-state index in [2.05, 4.69) is 15.6 Å². The van der Waals surface area contributed by atoms with E-state index in [0.717, 1.165) is 0 Å². The van der Waals surface area contributed by atoms with Crippen LogP contribution in [0.1, 0.15) is 15.4 Å². The molecule has 0 unspecified atom stereocenters. The highest BCUT2D eigenvalue weighted by Gasteiger charge is 2.13. The summed E-state index contributed by atoms with van der Waals surface area (Å²) in [5, 5.41) is 9.89. The van der Waals surface area contributed by atoms with Crippen molar-refractivity contribution in [3.8, 4) is 0 Å². The Bertz CT molecular complexity index is 934. The molecule has 134 valence electrons. The number of amides is 2. The molecule has 0 saturated heterocycles. The van der Waals surface area contributed by atoms with Crippen molar-refractivity contribution in [3.05, 3.63) is 55.6 Å². The number of aromatic nitrogens is 1. The van der Waals surface area contributed by atoms with Crippen LogP contribution in [0.15, 0.2) is 35.0 Å². The lowest BCUT2D eigenvalue weighted by Crippen LogP contribution is -2.15. The maximum Gasteiger partial charge on any atom is 0.267 e. The summed E-state index contributed by atoms with van der Waals surface area (Å²) in [5.74, 6) is -0.514. The van der Waals surface area contributed by atoms with Crippen LogP contribution in [-0.4, -0.2) is 16.8 Å². The largest absolute Gasteiger partial charge is 0.396 e. The van der Waals surface area contributed by atoms with Crippen molar-refractivity contribution in [2.75, 3.05) is 16.4 Å². The van der Waals surface area contributed by atoms with Crippen molar-refractivity contribution in [2.24, 2.45) is 0 Å². The van der Waals surface area contributed by atoms with E-state index in [1.165, 1.54) is 34.8 Å². The number of carbonyl (C=O) groups excluding carboxylic acids is 2. The molecule has 0 fully saturated rings. The van der Waals surface area contributed by atoms with Gasteiger partial charge in [-0.2, -0.15) is 0 Å². The van der Waals surface area contributed by atoms with Crippen LogP contribution in [0.3, 0.4) is 0 Å². The highest BCUT2D eigenvalue weighted by atomic mass is 35.5. The molecule has 0 aliphatic heterocycles. The van der Waals surface area contributed by atoms with Gasteiger partial charge in [0.25, 0.3) is 5.91 Å². The Balaban J connectivity index is 1.60. The van der Waals surface area contributed by atoms with E-state index in [4.69, 9.17) is 28.9 Å². The highest BCUT2D eigenvalue weighted by molar-refractivity contribution is 7.14. The summed E-state index contributed by atoms with van der Waals surface area (Å²) in [6, 6.07) is 6.57. The maximum atomic E-state index is 12.2. The Hall–Kier alpha value is -2.13. The van der Waals surface area contributed by atoms with Crippen LogP contribution in [0.2, 0.25) is 10.0 Å². The van der Waals surface area contributed by atoms with Gasteiger partial charge in [0.1, 0.15) is 0 Å². The molecular weight excluding hydrogens is 415 g/mol. The molecule has 4 N–H and O–H groups in total. The smallest absolute Gasteiger partial charge is 0.267 e. The second-order valence-corrected chi connectivity index (χ2v) is 7.77. The lowest BCUT2D eigenvalue weighted by atomic mass is 10.2. The molecule has 0 atom stereocenters. The van der Waals surface area contributed by atoms with Crippen LogP contribution in [0.25, 0.3) is 0 Å².